The summed E-state index contributed by atoms with van der Waals surface area (Å²) >= 11 is 0. The minimum atomic E-state index is 0.0403. The molecule has 1 aromatic heterocycles. The molecule has 1 aliphatic rings. The lowest BCUT2D eigenvalue weighted by Gasteiger charge is -2.42. The number of aromatic nitrogens is 1. The summed E-state index contributed by atoms with van der Waals surface area (Å²) in [6, 6.07) is 20.0. The van der Waals surface area contributed by atoms with Crippen molar-refractivity contribution in [2.75, 3.05) is 13.7 Å². The first kappa shape index (κ1) is 17.3. The maximum absolute atomic E-state index is 13.4. The van der Waals surface area contributed by atoms with Crippen molar-refractivity contribution in [2.45, 2.75) is 19.4 Å². The van der Waals surface area contributed by atoms with Gasteiger partial charge in [0.2, 0.25) is 0 Å². The molecule has 1 fully saturated rings. The van der Waals surface area contributed by atoms with E-state index in [1.165, 1.54) is 0 Å². The van der Waals surface area contributed by atoms with Crippen molar-refractivity contribution in [3.05, 3.63) is 83.7 Å². The van der Waals surface area contributed by atoms with Crippen LogP contribution in [-0.2, 0) is 0 Å². The van der Waals surface area contributed by atoms with Crippen molar-refractivity contribution in [3.8, 4) is 16.9 Å². The Morgan fingerprint density at radius 2 is 1.93 bits per heavy atom. The Balaban J connectivity index is 1.69. The van der Waals surface area contributed by atoms with Gasteiger partial charge in [-0.15, -0.1) is 0 Å². The molecule has 3 aromatic rings. The molecular weight excluding hydrogens is 336 g/mol. The summed E-state index contributed by atoms with van der Waals surface area (Å²) in [6.45, 7) is 2.66. The standard InChI is InChI=1S/C23H22N2O2/c1-16-22(20(11-13-24-16)17-7-4-3-5-8-17)23(26)25-14-12-21(25)18-9-6-10-19(15-18)27-2/h3-11,13,15,21H,12,14H2,1-2H3/t21-/m1/s1. The fourth-order valence-electron chi connectivity index (χ4n) is 3.66. The van der Waals surface area contributed by atoms with Crippen LogP contribution in [0, 0.1) is 6.92 Å². The highest BCUT2D eigenvalue weighted by Crippen LogP contribution is 2.37. The van der Waals surface area contributed by atoms with Gasteiger partial charge in [0, 0.05) is 12.7 Å². The first-order valence-corrected chi connectivity index (χ1v) is 9.15. The lowest BCUT2D eigenvalue weighted by atomic mass is 9.91. The monoisotopic (exact) mass is 358 g/mol. The van der Waals surface area contributed by atoms with Crippen molar-refractivity contribution in [1.29, 1.82) is 0 Å². The van der Waals surface area contributed by atoms with Crippen molar-refractivity contribution in [3.63, 3.8) is 0 Å². The van der Waals surface area contributed by atoms with Gasteiger partial charge >= 0.3 is 0 Å². The third-order valence-corrected chi connectivity index (χ3v) is 5.20. The van der Waals surface area contributed by atoms with Crippen LogP contribution in [0.1, 0.15) is 34.1 Å². The van der Waals surface area contributed by atoms with E-state index in [1.54, 1.807) is 13.3 Å². The van der Waals surface area contributed by atoms with Crippen molar-refractivity contribution in [2.24, 2.45) is 0 Å². The van der Waals surface area contributed by atoms with Crippen LogP contribution >= 0.6 is 0 Å². The first-order chi connectivity index (χ1) is 13.2. The number of likely N-dealkylation sites (tertiary alicyclic amines) is 1. The molecule has 0 radical (unpaired) electrons. The fraction of sp³-hybridized carbons (Fsp3) is 0.217. The number of hydrogen-bond acceptors (Lipinski definition) is 3. The summed E-state index contributed by atoms with van der Waals surface area (Å²) in [5, 5.41) is 0. The highest BCUT2D eigenvalue weighted by molar-refractivity contribution is 6.02. The molecule has 0 aliphatic carbocycles. The van der Waals surface area contributed by atoms with Crippen molar-refractivity contribution in [1.82, 2.24) is 9.88 Å². The largest absolute Gasteiger partial charge is 0.497 e. The molecule has 0 unspecified atom stereocenters. The zero-order valence-electron chi connectivity index (χ0n) is 15.6. The van der Waals surface area contributed by atoms with E-state index in [-0.39, 0.29) is 11.9 Å². The number of ether oxygens (including phenoxy) is 1. The van der Waals surface area contributed by atoms with E-state index >= 15 is 0 Å². The Labute approximate surface area is 159 Å². The Morgan fingerprint density at radius 1 is 1.11 bits per heavy atom. The summed E-state index contributed by atoms with van der Waals surface area (Å²) in [6.07, 6.45) is 2.73. The molecule has 0 N–H and O–H groups in total. The van der Waals surface area contributed by atoms with Crippen LogP contribution in [0.3, 0.4) is 0 Å². The molecule has 0 spiro atoms. The number of aryl methyl sites for hydroxylation is 1. The molecule has 2 heterocycles. The fourth-order valence-corrected chi connectivity index (χ4v) is 3.66. The second-order valence-electron chi connectivity index (χ2n) is 6.76. The molecule has 4 rings (SSSR count). The van der Waals surface area contributed by atoms with Gasteiger partial charge in [-0.1, -0.05) is 42.5 Å². The van der Waals surface area contributed by atoms with Gasteiger partial charge in [-0.05, 0) is 48.2 Å². The molecule has 1 aliphatic heterocycles. The van der Waals surface area contributed by atoms with Gasteiger partial charge < -0.3 is 9.64 Å². The summed E-state index contributed by atoms with van der Waals surface area (Å²) in [7, 11) is 1.66. The Hall–Kier alpha value is -3.14. The smallest absolute Gasteiger partial charge is 0.256 e. The average Bonchev–Trinajstić information content (AvgIpc) is 2.67. The number of nitrogens with zero attached hydrogens (tertiary/aromatic N) is 2. The van der Waals surface area contributed by atoms with Crippen molar-refractivity contribution >= 4 is 5.91 Å². The van der Waals surface area contributed by atoms with Crippen LogP contribution in [0.15, 0.2) is 66.9 Å². The van der Waals surface area contributed by atoms with E-state index in [0.717, 1.165) is 41.1 Å². The maximum Gasteiger partial charge on any atom is 0.256 e. The summed E-state index contributed by atoms with van der Waals surface area (Å²) < 4.78 is 5.34. The van der Waals surface area contributed by atoms with Crippen LogP contribution in [0.5, 0.6) is 5.75 Å². The highest BCUT2D eigenvalue weighted by atomic mass is 16.5. The molecule has 0 bridgehead atoms. The van der Waals surface area contributed by atoms with Gasteiger partial charge in [-0.3, -0.25) is 9.78 Å². The minimum Gasteiger partial charge on any atom is -0.497 e. The molecule has 4 nitrogen and oxygen atoms in total. The second kappa shape index (κ2) is 7.23. The highest BCUT2D eigenvalue weighted by Gasteiger charge is 2.35. The SMILES string of the molecule is COc1cccc([C@H]2CCN2C(=O)c2c(-c3ccccc3)ccnc2C)c1. The van der Waals surface area contributed by atoms with Gasteiger partial charge in [0.05, 0.1) is 24.4 Å². The molecule has 27 heavy (non-hydrogen) atoms. The Kier molecular flexibility index (Phi) is 4.63. The molecule has 1 amide bonds. The topological polar surface area (TPSA) is 42.4 Å². The van der Waals surface area contributed by atoms with E-state index < -0.39 is 0 Å². The quantitative estimate of drug-likeness (QED) is 0.682. The first-order valence-electron chi connectivity index (χ1n) is 9.15. The number of carbonyl (C=O) groups excluding carboxylic acids is 1. The molecule has 136 valence electrons. The zero-order chi connectivity index (χ0) is 18.8. The Morgan fingerprint density at radius 3 is 2.63 bits per heavy atom. The van der Waals surface area contributed by atoms with E-state index in [1.807, 2.05) is 66.4 Å². The molecule has 1 saturated heterocycles. The number of benzene rings is 2. The lowest BCUT2D eigenvalue weighted by molar-refractivity contribution is 0.0459. The number of methoxy groups -OCH3 is 1. The van der Waals surface area contributed by atoms with Crippen LogP contribution in [0.2, 0.25) is 0 Å². The lowest BCUT2D eigenvalue weighted by Crippen LogP contribution is -2.45. The van der Waals surface area contributed by atoms with Gasteiger partial charge in [-0.2, -0.15) is 0 Å². The number of amides is 1. The van der Waals surface area contributed by atoms with Crippen LogP contribution in [0.25, 0.3) is 11.1 Å². The molecule has 4 heteroatoms. The van der Waals surface area contributed by atoms with Gasteiger partial charge in [0.1, 0.15) is 5.75 Å². The number of hydrogen-bond donors (Lipinski definition) is 0. The summed E-state index contributed by atoms with van der Waals surface area (Å²) in [4.78, 5) is 19.8. The average molecular weight is 358 g/mol. The molecular formula is C23H22N2O2. The predicted octanol–water partition coefficient (Wildman–Crippen LogP) is 4.65. The van der Waals surface area contributed by atoms with Crippen LogP contribution in [-0.4, -0.2) is 29.4 Å². The molecule has 0 saturated carbocycles. The molecule has 1 atom stereocenters. The van der Waals surface area contributed by atoms with Crippen LogP contribution < -0.4 is 4.74 Å². The number of rotatable bonds is 4. The van der Waals surface area contributed by atoms with E-state index in [0.29, 0.717) is 5.56 Å². The van der Waals surface area contributed by atoms with Gasteiger partial charge in [0.15, 0.2) is 0 Å². The van der Waals surface area contributed by atoms with Crippen molar-refractivity contribution < 1.29 is 9.53 Å². The van der Waals surface area contributed by atoms with E-state index in [2.05, 4.69) is 11.1 Å². The van der Waals surface area contributed by atoms with E-state index in [4.69, 9.17) is 4.74 Å². The minimum absolute atomic E-state index is 0.0403. The summed E-state index contributed by atoms with van der Waals surface area (Å²) in [5.74, 6) is 0.854. The third kappa shape index (κ3) is 3.19. The Bertz CT molecular complexity index is 969. The second-order valence-corrected chi connectivity index (χ2v) is 6.76. The van der Waals surface area contributed by atoms with Gasteiger partial charge in [0.25, 0.3) is 5.91 Å². The molecule has 2 aromatic carbocycles. The van der Waals surface area contributed by atoms with Gasteiger partial charge in [-0.25, -0.2) is 0 Å². The summed E-state index contributed by atoms with van der Waals surface area (Å²) in [5.41, 5.74) is 4.53. The normalized spacial score (nSPS) is 15.9. The van der Waals surface area contributed by atoms with Crippen LogP contribution in [0.4, 0.5) is 0 Å². The number of pyridine rings is 1. The van der Waals surface area contributed by atoms with E-state index in [9.17, 15) is 4.79 Å². The number of carbonyl (C=O) groups is 1. The maximum atomic E-state index is 13.4. The third-order valence-electron chi connectivity index (χ3n) is 5.20. The zero-order valence-corrected chi connectivity index (χ0v) is 15.6. The predicted molar refractivity (Wildman–Crippen MR) is 106 cm³/mol.